The van der Waals surface area contributed by atoms with Crippen molar-refractivity contribution in [3.8, 4) is 28.3 Å². The van der Waals surface area contributed by atoms with Gasteiger partial charge in [-0.25, -0.2) is 0 Å². The molecule has 4 aromatic heterocycles. The number of para-hydroxylation sites is 2. The molecule has 4 heterocycles. The van der Waals surface area contributed by atoms with Crippen LogP contribution in [0.25, 0.3) is 61.3 Å². The van der Waals surface area contributed by atoms with Crippen molar-refractivity contribution in [1.82, 2.24) is 19.5 Å². The quantitative estimate of drug-likeness (QED) is 0.172. The zero-order valence-electron chi connectivity index (χ0n) is 22.7. The van der Waals surface area contributed by atoms with Gasteiger partial charge in [0.05, 0.1) is 28.6 Å². The second-order valence-corrected chi connectivity index (χ2v) is 9.62. The van der Waals surface area contributed by atoms with Gasteiger partial charge in [0.1, 0.15) is 5.58 Å². The Labute approximate surface area is 256 Å². The third-order valence-corrected chi connectivity index (χ3v) is 6.97. The number of hydrogen-bond donors (Lipinski definition) is 0. The first-order valence-corrected chi connectivity index (χ1v) is 13.4. The number of furan rings is 1. The van der Waals surface area contributed by atoms with Crippen LogP contribution in [-0.4, -0.2) is 19.5 Å². The number of aryl methyl sites for hydroxylation is 1. The summed E-state index contributed by atoms with van der Waals surface area (Å²) in [6, 6.07) is 42.5. The molecule has 0 saturated heterocycles. The van der Waals surface area contributed by atoms with E-state index in [2.05, 4.69) is 51.8 Å². The summed E-state index contributed by atoms with van der Waals surface area (Å²) in [5, 5.41) is 2.16. The molecule has 1 radical (unpaired) electrons. The van der Waals surface area contributed by atoms with E-state index in [9.17, 15) is 0 Å². The predicted octanol–water partition coefficient (Wildman–Crippen LogP) is 8.64. The summed E-state index contributed by atoms with van der Waals surface area (Å²) in [7, 11) is 0. The Morgan fingerprint density at radius 3 is 2.36 bits per heavy atom. The second kappa shape index (κ2) is 11.9. The van der Waals surface area contributed by atoms with Crippen molar-refractivity contribution in [3.05, 3.63) is 145 Å². The minimum absolute atomic E-state index is 0. The minimum atomic E-state index is 0. The molecule has 0 N–H and O–H groups in total. The standard InChI is InChI=1S/C25H16N3O.C11H8N.Ir/c1-16-14-26-15-21-23(16)28(17-8-3-2-4-9-17)25(27-21)20-12-7-11-19-18-10-5-6-13-22(18)29-24(19)20;1-2-6-10(7-3-1)11-8-4-5-9-12-11;/h2-11,13-15H,1H3;1-6,8-9H;/q2*-1;. The normalized spacial score (nSPS) is 10.8. The van der Waals surface area contributed by atoms with Crippen molar-refractivity contribution in [3.63, 3.8) is 0 Å². The molecule has 0 spiro atoms. The molecule has 0 aliphatic carbocycles. The summed E-state index contributed by atoms with van der Waals surface area (Å²) in [4.78, 5) is 13.5. The summed E-state index contributed by atoms with van der Waals surface area (Å²) >= 11 is 0. The fraction of sp³-hybridized carbons (Fsp3) is 0.0278. The molecule has 6 heteroatoms. The van der Waals surface area contributed by atoms with Gasteiger partial charge in [-0.05, 0) is 42.4 Å². The van der Waals surface area contributed by atoms with Crippen LogP contribution in [0, 0.1) is 19.1 Å². The van der Waals surface area contributed by atoms with Crippen molar-refractivity contribution < 1.29 is 24.5 Å². The van der Waals surface area contributed by atoms with E-state index in [1.54, 1.807) is 6.20 Å². The van der Waals surface area contributed by atoms with Crippen LogP contribution in [-0.2, 0) is 20.1 Å². The van der Waals surface area contributed by atoms with Crippen molar-refractivity contribution in [2.75, 3.05) is 0 Å². The van der Waals surface area contributed by atoms with Crippen LogP contribution in [0.5, 0.6) is 0 Å². The van der Waals surface area contributed by atoms with Gasteiger partial charge in [0.25, 0.3) is 0 Å². The van der Waals surface area contributed by atoms with E-state index in [4.69, 9.17) is 9.40 Å². The number of aromatic nitrogens is 4. The summed E-state index contributed by atoms with van der Waals surface area (Å²) in [6.07, 6.45) is 5.47. The fourth-order valence-corrected chi connectivity index (χ4v) is 5.11. The minimum Gasteiger partial charge on any atom is -0.501 e. The predicted molar refractivity (Wildman–Crippen MR) is 164 cm³/mol. The molecular weight excluding hydrogens is 697 g/mol. The third kappa shape index (κ3) is 5.03. The number of nitrogens with zero attached hydrogens (tertiary/aromatic N) is 4. The topological polar surface area (TPSA) is 56.7 Å². The second-order valence-electron chi connectivity index (χ2n) is 9.62. The van der Waals surface area contributed by atoms with E-state index in [0.717, 1.165) is 66.9 Å². The third-order valence-electron chi connectivity index (χ3n) is 6.97. The van der Waals surface area contributed by atoms with E-state index in [1.165, 1.54) is 0 Å². The summed E-state index contributed by atoms with van der Waals surface area (Å²) in [5.74, 6) is 0.798. The maximum absolute atomic E-state index is 6.25. The molecular formula is C36H24IrN4O-2. The van der Waals surface area contributed by atoms with Gasteiger partial charge in [-0.1, -0.05) is 59.5 Å². The maximum Gasteiger partial charge on any atom is 0.120 e. The molecule has 205 valence electrons. The van der Waals surface area contributed by atoms with Crippen molar-refractivity contribution in [2.45, 2.75) is 6.92 Å². The van der Waals surface area contributed by atoms with Crippen LogP contribution in [0.15, 0.2) is 132 Å². The average molecular weight is 721 g/mol. The number of imidazole rings is 1. The van der Waals surface area contributed by atoms with Crippen LogP contribution in [0.3, 0.4) is 0 Å². The van der Waals surface area contributed by atoms with Crippen molar-refractivity contribution in [2.24, 2.45) is 0 Å². The van der Waals surface area contributed by atoms with Gasteiger partial charge < -0.3 is 14.0 Å². The van der Waals surface area contributed by atoms with Crippen LogP contribution >= 0.6 is 0 Å². The van der Waals surface area contributed by atoms with E-state index in [0.29, 0.717) is 0 Å². The Bertz CT molecular complexity index is 2070. The van der Waals surface area contributed by atoms with Gasteiger partial charge in [0.2, 0.25) is 0 Å². The van der Waals surface area contributed by atoms with Crippen LogP contribution < -0.4 is 0 Å². The molecule has 0 atom stereocenters. The van der Waals surface area contributed by atoms with Crippen molar-refractivity contribution in [1.29, 1.82) is 0 Å². The Morgan fingerprint density at radius 1 is 0.738 bits per heavy atom. The van der Waals surface area contributed by atoms with Gasteiger partial charge in [0.15, 0.2) is 0 Å². The van der Waals surface area contributed by atoms with Crippen molar-refractivity contribution >= 4 is 33.0 Å². The monoisotopic (exact) mass is 721 g/mol. The Kier molecular flexibility index (Phi) is 7.74. The molecule has 42 heavy (non-hydrogen) atoms. The van der Waals surface area contributed by atoms with Gasteiger partial charge in [-0.3, -0.25) is 9.97 Å². The van der Waals surface area contributed by atoms with Gasteiger partial charge in [-0.15, -0.1) is 54.1 Å². The van der Waals surface area contributed by atoms with E-state index < -0.39 is 0 Å². The number of fused-ring (bicyclic) bond motifs is 4. The molecule has 0 unspecified atom stereocenters. The molecule has 8 aromatic rings. The Balaban J connectivity index is 0.000000205. The van der Waals surface area contributed by atoms with E-state index in [1.807, 2.05) is 103 Å². The Morgan fingerprint density at radius 2 is 1.55 bits per heavy atom. The van der Waals surface area contributed by atoms with Crippen LogP contribution in [0.4, 0.5) is 0 Å². The zero-order chi connectivity index (χ0) is 27.6. The molecule has 5 nitrogen and oxygen atoms in total. The van der Waals surface area contributed by atoms with Gasteiger partial charge >= 0.3 is 0 Å². The number of hydrogen-bond acceptors (Lipinski definition) is 4. The average Bonchev–Trinajstić information content (AvgIpc) is 3.62. The first kappa shape index (κ1) is 27.3. The van der Waals surface area contributed by atoms with Gasteiger partial charge in [0, 0.05) is 43.6 Å². The van der Waals surface area contributed by atoms with Gasteiger partial charge in [-0.2, -0.15) is 0 Å². The molecule has 0 aliphatic rings. The molecule has 0 saturated carbocycles. The van der Waals surface area contributed by atoms with Crippen LogP contribution in [0.1, 0.15) is 5.56 Å². The summed E-state index contributed by atoms with van der Waals surface area (Å²) in [6.45, 7) is 2.06. The molecule has 4 aromatic carbocycles. The molecule has 0 bridgehead atoms. The molecule has 0 amide bonds. The first-order chi connectivity index (χ1) is 20.3. The number of rotatable bonds is 3. The molecule has 8 rings (SSSR count). The molecule has 0 fully saturated rings. The van der Waals surface area contributed by atoms with Crippen LogP contribution in [0.2, 0.25) is 0 Å². The number of pyridine rings is 2. The van der Waals surface area contributed by atoms with E-state index in [-0.39, 0.29) is 20.1 Å². The number of benzene rings is 4. The smallest absolute Gasteiger partial charge is 0.120 e. The first-order valence-electron chi connectivity index (χ1n) is 13.4. The van der Waals surface area contributed by atoms with E-state index >= 15 is 0 Å². The Hall–Kier alpha value is -4.90. The maximum atomic E-state index is 6.25. The fourth-order valence-electron chi connectivity index (χ4n) is 5.11. The largest absolute Gasteiger partial charge is 0.501 e. The zero-order valence-corrected chi connectivity index (χ0v) is 25.0. The summed E-state index contributed by atoms with van der Waals surface area (Å²) < 4.78 is 8.43. The SMILES string of the molecule is Cc1cncc2nc(-c3[c-]ccc4c3oc3ccccc34)n(-c3ccccc3)c12.[Ir].[c-]1ccccc1-c1ccccn1. The summed E-state index contributed by atoms with van der Waals surface area (Å²) in [5.41, 5.74) is 8.53. The molecule has 0 aliphatic heterocycles.